The van der Waals surface area contributed by atoms with Gasteiger partial charge in [0.15, 0.2) is 5.78 Å². The first-order chi connectivity index (χ1) is 13.9. The molecular weight excluding hydrogens is 369 g/mol. The van der Waals surface area contributed by atoms with Crippen molar-refractivity contribution in [1.82, 2.24) is 4.90 Å². The van der Waals surface area contributed by atoms with Crippen molar-refractivity contribution in [3.63, 3.8) is 0 Å². The Labute approximate surface area is 170 Å². The lowest BCUT2D eigenvalue weighted by Gasteiger charge is -2.37. The van der Waals surface area contributed by atoms with Crippen molar-refractivity contribution in [3.05, 3.63) is 70.5 Å². The average molecular weight is 395 g/mol. The van der Waals surface area contributed by atoms with Gasteiger partial charge in [-0.2, -0.15) is 0 Å². The van der Waals surface area contributed by atoms with Crippen LogP contribution in [0.2, 0.25) is 0 Å². The van der Waals surface area contributed by atoms with E-state index in [1.54, 1.807) is 26.0 Å². The monoisotopic (exact) mass is 395 g/mol. The summed E-state index contributed by atoms with van der Waals surface area (Å²) in [6.07, 6.45) is 2.80. The SMILES string of the molecule is Cc1cc(C(=O)C2CC3CCC(C2)N3C(=O)OCc2ccccc2)cc(C)c1F. The van der Waals surface area contributed by atoms with Gasteiger partial charge in [0.05, 0.1) is 0 Å². The zero-order valence-electron chi connectivity index (χ0n) is 16.9. The molecule has 2 fully saturated rings. The maximum Gasteiger partial charge on any atom is 0.410 e. The quantitative estimate of drug-likeness (QED) is 0.668. The largest absolute Gasteiger partial charge is 0.445 e. The summed E-state index contributed by atoms with van der Waals surface area (Å²) in [6, 6.07) is 13.0. The minimum Gasteiger partial charge on any atom is -0.445 e. The highest BCUT2D eigenvalue weighted by Crippen LogP contribution is 2.40. The summed E-state index contributed by atoms with van der Waals surface area (Å²) >= 11 is 0. The Morgan fingerprint density at radius 2 is 1.62 bits per heavy atom. The Balaban J connectivity index is 1.42. The number of aryl methyl sites for hydroxylation is 2. The standard InChI is InChI=1S/C24H26FNO3/c1-15-10-18(11-16(2)22(15)25)23(27)19-12-20-8-9-21(13-19)26(20)24(28)29-14-17-6-4-3-5-7-17/h3-7,10-11,19-21H,8-9,12-14H2,1-2H3. The number of ether oxygens (including phenoxy) is 1. The van der Waals surface area contributed by atoms with E-state index in [4.69, 9.17) is 4.74 Å². The fourth-order valence-electron chi connectivity index (χ4n) is 4.81. The highest BCUT2D eigenvalue weighted by Gasteiger charge is 2.46. The van der Waals surface area contributed by atoms with Gasteiger partial charge in [-0.05, 0) is 68.4 Å². The summed E-state index contributed by atoms with van der Waals surface area (Å²) in [5.41, 5.74) is 2.53. The maximum absolute atomic E-state index is 13.9. The Morgan fingerprint density at radius 1 is 1.03 bits per heavy atom. The molecule has 0 radical (unpaired) electrons. The van der Waals surface area contributed by atoms with Crippen LogP contribution in [0.1, 0.15) is 52.7 Å². The number of amides is 1. The van der Waals surface area contributed by atoms with Gasteiger partial charge in [-0.15, -0.1) is 0 Å². The predicted molar refractivity (Wildman–Crippen MR) is 108 cm³/mol. The van der Waals surface area contributed by atoms with Crippen molar-refractivity contribution in [2.75, 3.05) is 0 Å². The van der Waals surface area contributed by atoms with E-state index in [0.717, 1.165) is 18.4 Å². The van der Waals surface area contributed by atoms with Crippen molar-refractivity contribution in [2.24, 2.45) is 5.92 Å². The van der Waals surface area contributed by atoms with E-state index in [1.165, 1.54) is 0 Å². The lowest BCUT2D eigenvalue weighted by atomic mass is 9.84. The van der Waals surface area contributed by atoms with E-state index in [-0.39, 0.29) is 42.3 Å². The molecule has 4 nitrogen and oxygen atoms in total. The van der Waals surface area contributed by atoms with Gasteiger partial charge < -0.3 is 9.64 Å². The molecule has 0 saturated carbocycles. The molecule has 5 heteroatoms. The van der Waals surface area contributed by atoms with Gasteiger partial charge in [0, 0.05) is 23.6 Å². The summed E-state index contributed by atoms with van der Waals surface area (Å²) in [7, 11) is 0. The highest BCUT2D eigenvalue weighted by molar-refractivity contribution is 5.98. The van der Waals surface area contributed by atoms with Crippen molar-refractivity contribution < 1.29 is 18.7 Å². The Hall–Kier alpha value is -2.69. The highest BCUT2D eigenvalue weighted by atomic mass is 19.1. The molecule has 2 bridgehead atoms. The number of Topliss-reactive ketones (excluding diaryl/α,β-unsaturated/α-hetero) is 1. The summed E-state index contributed by atoms with van der Waals surface area (Å²) < 4.78 is 19.5. The predicted octanol–water partition coefficient (Wildman–Crippen LogP) is 5.21. The second-order valence-corrected chi connectivity index (χ2v) is 8.29. The average Bonchev–Trinajstić information content (AvgIpc) is 2.99. The molecule has 2 aliphatic rings. The first-order valence-corrected chi connectivity index (χ1v) is 10.2. The fourth-order valence-corrected chi connectivity index (χ4v) is 4.81. The molecule has 29 heavy (non-hydrogen) atoms. The number of rotatable bonds is 4. The van der Waals surface area contributed by atoms with Crippen LogP contribution in [0.3, 0.4) is 0 Å². The van der Waals surface area contributed by atoms with Crippen molar-refractivity contribution in [1.29, 1.82) is 0 Å². The second-order valence-electron chi connectivity index (χ2n) is 8.29. The number of ketones is 1. The molecule has 0 N–H and O–H groups in total. The van der Waals surface area contributed by atoms with E-state index in [2.05, 4.69) is 0 Å². The molecule has 0 aromatic heterocycles. The lowest BCUT2D eigenvalue weighted by Crippen LogP contribution is -2.48. The summed E-state index contributed by atoms with van der Waals surface area (Å²) in [5.74, 6) is -0.321. The summed E-state index contributed by atoms with van der Waals surface area (Å²) in [6.45, 7) is 3.63. The number of benzene rings is 2. The van der Waals surface area contributed by atoms with E-state index >= 15 is 0 Å². The van der Waals surface area contributed by atoms with E-state index in [9.17, 15) is 14.0 Å². The molecule has 2 unspecified atom stereocenters. The Kier molecular flexibility index (Phi) is 5.39. The molecule has 4 rings (SSSR count). The zero-order chi connectivity index (χ0) is 20.5. The van der Waals surface area contributed by atoms with Crippen LogP contribution < -0.4 is 0 Å². The van der Waals surface area contributed by atoms with Gasteiger partial charge in [0.2, 0.25) is 0 Å². The third-order valence-electron chi connectivity index (χ3n) is 6.24. The van der Waals surface area contributed by atoms with Crippen molar-refractivity contribution >= 4 is 11.9 Å². The summed E-state index contributed by atoms with van der Waals surface area (Å²) in [5, 5.41) is 0. The van der Waals surface area contributed by atoms with Gasteiger partial charge >= 0.3 is 6.09 Å². The molecule has 0 aliphatic carbocycles. The molecule has 2 atom stereocenters. The van der Waals surface area contributed by atoms with Crippen LogP contribution in [0, 0.1) is 25.6 Å². The molecule has 152 valence electrons. The van der Waals surface area contributed by atoms with Gasteiger partial charge in [0.25, 0.3) is 0 Å². The van der Waals surface area contributed by atoms with E-state index in [0.29, 0.717) is 29.5 Å². The van der Waals surface area contributed by atoms with Gasteiger partial charge in [-0.25, -0.2) is 9.18 Å². The number of piperidine rings is 1. The van der Waals surface area contributed by atoms with Crippen molar-refractivity contribution in [2.45, 2.75) is 58.2 Å². The number of hydrogen-bond acceptors (Lipinski definition) is 3. The molecule has 2 aliphatic heterocycles. The van der Waals surface area contributed by atoms with Crippen LogP contribution in [0.5, 0.6) is 0 Å². The van der Waals surface area contributed by atoms with Gasteiger partial charge in [-0.3, -0.25) is 4.79 Å². The second kappa shape index (κ2) is 7.97. The first kappa shape index (κ1) is 19.6. The van der Waals surface area contributed by atoms with Crippen LogP contribution in [0.15, 0.2) is 42.5 Å². The smallest absolute Gasteiger partial charge is 0.410 e. The number of hydrogen-bond donors (Lipinski definition) is 0. The fraction of sp³-hybridized carbons (Fsp3) is 0.417. The van der Waals surface area contributed by atoms with E-state index in [1.807, 2.05) is 35.2 Å². The molecule has 2 aromatic rings. The number of halogens is 1. The van der Waals surface area contributed by atoms with Crippen LogP contribution in [-0.2, 0) is 11.3 Å². The number of nitrogens with zero attached hydrogens (tertiary/aromatic N) is 1. The van der Waals surface area contributed by atoms with Crippen LogP contribution in [-0.4, -0.2) is 28.9 Å². The topological polar surface area (TPSA) is 46.6 Å². The Bertz CT molecular complexity index is 890. The number of carbonyl (C=O) groups excluding carboxylic acids is 2. The van der Waals surface area contributed by atoms with Gasteiger partial charge in [-0.1, -0.05) is 30.3 Å². The zero-order valence-corrected chi connectivity index (χ0v) is 16.9. The van der Waals surface area contributed by atoms with Crippen LogP contribution in [0.4, 0.5) is 9.18 Å². The molecule has 2 saturated heterocycles. The Morgan fingerprint density at radius 3 is 2.21 bits per heavy atom. The molecule has 2 heterocycles. The van der Waals surface area contributed by atoms with Crippen LogP contribution in [0.25, 0.3) is 0 Å². The molecule has 2 aromatic carbocycles. The van der Waals surface area contributed by atoms with E-state index < -0.39 is 0 Å². The maximum atomic E-state index is 13.9. The molecular formula is C24H26FNO3. The molecule has 0 spiro atoms. The lowest BCUT2D eigenvalue weighted by molar-refractivity contribution is 0.0485. The molecule has 1 amide bonds. The third kappa shape index (κ3) is 3.91. The summed E-state index contributed by atoms with van der Waals surface area (Å²) in [4.78, 5) is 27.6. The van der Waals surface area contributed by atoms with Crippen molar-refractivity contribution in [3.8, 4) is 0 Å². The van der Waals surface area contributed by atoms with Gasteiger partial charge in [0.1, 0.15) is 12.4 Å². The number of carbonyl (C=O) groups is 2. The van der Waals surface area contributed by atoms with Crippen LogP contribution >= 0.6 is 0 Å². The minimum absolute atomic E-state index is 0.0358. The first-order valence-electron chi connectivity index (χ1n) is 10.2. The minimum atomic E-state index is -0.291. The number of fused-ring (bicyclic) bond motifs is 2. The normalized spacial score (nSPS) is 23.1. The third-order valence-corrected chi connectivity index (χ3v) is 6.24.